The SMILES string of the molecule is C[C@@H]1COCCN1C(=O)c1cc(Cl)c2c(c1)OCO2. The van der Waals surface area contributed by atoms with Crippen molar-refractivity contribution in [1.29, 1.82) is 0 Å². The fourth-order valence-corrected chi connectivity index (χ4v) is 2.55. The monoisotopic (exact) mass is 283 g/mol. The van der Waals surface area contributed by atoms with Crippen LogP contribution in [0.1, 0.15) is 17.3 Å². The number of amides is 1. The van der Waals surface area contributed by atoms with Crippen LogP contribution in [0.4, 0.5) is 0 Å². The molecular formula is C13H14ClNO4. The Morgan fingerprint density at radius 2 is 2.26 bits per heavy atom. The number of nitrogens with zero attached hydrogens (tertiary/aromatic N) is 1. The molecular weight excluding hydrogens is 270 g/mol. The Hall–Kier alpha value is -1.46. The lowest BCUT2D eigenvalue weighted by Crippen LogP contribution is -2.47. The largest absolute Gasteiger partial charge is 0.454 e. The smallest absolute Gasteiger partial charge is 0.254 e. The van der Waals surface area contributed by atoms with Crippen molar-refractivity contribution in [3.8, 4) is 11.5 Å². The number of morpholine rings is 1. The minimum absolute atomic E-state index is 0.0593. The van der Waals surface area contributed by atoms with Crippen LogP contribution in [0.25, 0.3) is 0 Å². The van der Waals surface area contributed by atoms with Gasteiger partial charge in [0.05, 0.1) is 24.3 Å². The highest BCUT2D eigenvalue weighted by molar-refractivity contribution is 6.32. The van der Waals surface area contributed by atoms with E-state index in [-0.39, 0.29) is 18.7 Å². The first-order valence-electron chi connectivity index (χ1n) is 6.14. The van der Waals surface area contributed by atoms with Crippen molar-refractivity contribution < 1.29 is 19.0 Å². The average Bonchev–Trinajstić information content (AvgIpc) is 2.87. The maximum atomic E-state index is 12.5. The number of hydrogen-bond acceptors (Lipinski definition) is 4. The maximum Gasteiger partial charge on any atom is 0.254 e. The van der Waals surface area contributed by atoms with E-state index in [1.165, 1.54) is 0 Å². The summed E-state index contributed by atoms with van der Waals surface area (Å²) in [6.07, 6.45) is 0. The number of rotatable bonds is 1. The van der Waals surface area contributed by atoms with Gasteiger partial charge in [-0.05, 0) is 19.1 Å². The minimum Gasteiger partial charge on any atom is -0.454 e. The van der Waals surface area contributed by atoms with Crippen LogP contribution in [-0.4, -0.2) is 43.4 Å². The fourth-order valence-electron chi connectivity index (χ4n) is 2.29. The highest BCUT2D eigenvalue weighted by atomic mass is 35.5. The number of hydrogen-bond donors (Lipinski definition) is 0. The van der Waals surface area contributed by atoms with E-state index >= 15 is 0 Å². The summed E-state index contributed by atoms with van der Waals surface area (Å²) in [6, 6.07) is 3.36. The second-order valence-corrected chi connectivity index (χ2v) is 5.02. The van der Waals surface area contributed by atoms with Crippen molar-refractivity contribution in [2.75, 3.05) is 26.6 Å². The maximum absolute atomic E-state index is 12.5. The van der Waals surface area contributed by atoms with Crippen molar-refractivity contribution in [1.82, 2.24) is 4.90 Å². The molecule has 6 heteroatoms. The van der Waals surface area contributed by atoms with Crippen LogP contribution in [-0.2, 0) is 4.74 Å². The molecule has 2 aliphatic rings. The number of ether oxygens (including phenoxy) is 3. The van der Waals surface area contributed by atoms with E-state index < -0.39 is 0 Å². The lowest BCUT2D eigenvalue weighted by molar-refractivity contribution is 0.00358. The molecule has 102 valence electrons. The fraction of sp³-hybridized carbons (Fsp3) is 0.462. The van der Waals surface area contributed by atoms with Crippen molar-refractivity contribution in [2.24, 2.45) is 0 Å². The molecule has 1 amide bonds. The Labute approximate surface area is 116 Å². The quantitative estimate of drug-likeness (QED) is 0.790. The summed E-state index contributed by atoms with van der Waals surface area (Å²) in [6.45, 7) is 3.82. The van der Waals surface area contributed by atoms with Crippen LogP contribution in [0.3, 0.4) is 0 Å². The van der Waals surface area contributed by atoms with E-state index in [4.69, 9.17) is 25.8 Å². The molecule has 1 aromatic rings. The number of carbonyl (C=O) groups excluding carboxylic acids is 1. The van der Waals surface area contributed by atoms with Gasteiger partial charge in [0.15, 0.2) is 11.5 Å². The molecule has 1 atom stereocenters. The molecule has 5 nitrogen and oxygen atoms in total. The van der Waals surface area contributed by atoms with Crippen LogP contribution >= 0.6 is 11.6 Å². The van der Waals surface area contributed by atoms with Crippen molar-refractivity contribution >= 4 is 17.5 Å². The first-order valence-corrected chi connectivity index (χ1v) is 6.52. The van der Waals surface area contributed by atoms with Gasteiger partial charge in [-0.15, -0.1) is 0 Å². The van der Waals surface area contributed by atoms with E-state index in [2.05, 4.69) is 0 Å². The van der Waals surface area contributed by atoms with Gasteiger partial charge >= 0.3 is 0 Å². The third-order valence-corrected chi connectivity index (χ3v) is 3.58. The van der Waals surface area contributed by atoms with Gasteiger partial charge in [-0.2, -0.15) is 0 Å². The molecule has 1 aromatic carbocycles. The molecule has 0 unspecified atom stereocenters. The normalized spacial score (nSPS) is 21.6. The first kappa shape index (κ1) is 12.6. The number of fused-ring (bicyclic) bond motifs is 1. The van der Waals surface area contributed by atoms with Gasteiger partial charge in [0.25, 0.3) is 5.91 Å². The molecule has 0 radical (unpaired) electrons. The molecule has 0 bridgehead atoms. The molecule has 2 heterocycles. The highest BCUT2D eigenvalue weighted by Crippen LogP contribution is 2.40. The van der Waals surface area contributed by atoms with Crippen LogP contribution in [0.2, 0.25) is 5.02 Å². The summed E-state index contributed by atoms with van der Waals surface area (Å²) >= 11 is 6.09. The Kier molecular flexibility index (Phi) is 3.24. The zero-order valence-electron chi connectivity index (χ0n) is 10.5. The predicted octanol–water partition coefficient (Wildman–Crippen LogP) is 1.93. The molecule has 2 aliphatic heterocycles. The van der Waals surface area contributed by atoms with Gasteiger partial charge in [0.2, 0.25) is 6.79 Å². The van der Waals surface area contributed by atoms with Gasteiger partial charge in [0, 0.05) is 12.1 Å². The van der Waals surface area contributed by atoms with Crippen LogP contribution in [0, 0.1) is 0 Å². The second kappa shape index (κ2) is 4.90. The highest BCUT2D eigenvalue weighted by Gasteiger charge is 2.27. The van der Waals surface area contributed by atoms with Crippen LogP contribution in [0.15, 0.2) is 12.1 Å². The van der Waals surface area contributed by atoms with E-state index in [0.717, 1.165) is 0 Å². The molecule has 0 N–H and O–H groups in total. The number of carbonyl (C=O) groups is 1. The third-order valence-electron chi connectivity index (χ3n) is 3.30. The van der Waals surface area contributed by atoms with Gasteiger partial charge in [-0.3, -0.25) is 4.79 Å². The summed E-state index contributed by atoms with van der Waals surface area (Å²) in [7, 11) is 0. The van der Waals surface area contributed by atoms with E-state index in [1.807, 2.05) is 6.92 Å². The minimum atomic E-state index is -0.0593. The van der Waals surface area contributed by atoms with Crippen molar-refractivity contribution in [2.45, 2.75) is 13.0 Å². The van der Waals surface area contributed by atoms with Crippen molar-refractivity contribution in [3.63, 3.8) is 0 Å². The topological polar surface area (TPSA) is 48.0 Å². The molecule has 0 saturated carbocycles. The molecule has 0 aromatic heterocycles. The van der Waals surface area contributed by atoms with Gasteiger partial charge in [0.1, 0.15) is 0 Å². The summed E-state index contributed by atoms with van der Waals surface area (Å²) < 4.78 is 15.8. The lowest BCUT2D eigenvalue weighted by atomic mass is 10.1. The Morgan fingerprint density at radius 3 is 3.05 bits per heavy atom. The number of halogens is 1. The summed E-state index contributed by atoms with van der Waals surface area (Å²) in [4.78, 5) is 14.3. The van der Waals surface area contributed by atoms with Gasteiger partial charge in [-0.25, -0.2) is 0 Å². The first-order chi connectivity index (χ1) is 9.16. The van der Waals surface area contributed by atoms with Crippen molar-refractivity contribution in [3.05, 3.63) is 22.7 Å². The Balaban J connectivity index is 1.89. The molecule has 19 heavy (non-hydrogen) atoms. The van der Waals surface area contributed by atoms with E-state index in [0.29, 0.717) is 41.8 Å². The Morgan fingerprint density at radius 1 is 1.42 bits per heavy atom. The molecule has 3 rings (SSSR count). The van der Waals surface area contributed by atoms with Gasteiger partial charge in [-0.1, -0.05) is 11.6 Å². The predicted molar refractivity (Wildman–Crippen MR) is 68.9 cm³/mol. The van der Waals surface area contributed by atoms with Gasteiger partial charge < -0.3 is 19.1 Å². The average molecular weight is 284 g/mol. The molecule has 1 fully saturated rings. The second-order valence-electron chi connectivity index (χ2n) is 4.61. The molecule has 1 saturated heterocycles. The summed E-state index contributed by atoms with van der Waals surface area (Å²) in [5, 5.41) is 0.402. The Bertz CT molecular complexity index is 520. The zero-order chi connectivity index (χ0) is 13.4. The molecule has 0 spiro atoms. The summed E-state index contributed by atoms with van der Waals surface area (Å²) in [5.41, 5.74) is 0.517. The standard InChI is InChI=1S/C13H14ClNO4/c1-8-6-17-3-2-15(8)13(16)9-4-10(14)12-11(5-9)18-7-19-12/h4-5,8H,2-3,6-7H2,1H3/t8-/m1/s1. The zero-order valence-corrected chi connectivity index (χ0v) is 11.3. The molecule has 0 aliphatic carbocycles. The van der Waals surface area contributed by atoms with E-state index in [9.17, 15) is 4.79 Å². The third kappa shape index (κ3) is 2.24. The van der Waals surface area contributed by atoms with Crippen LogP contribution in [0.5, 0.6) is 11.5 Å². The number of benzene rings is 1. The summed E-state index contributed by atoms with van der Waals surface area (Å²) in [5.74, 6) is 0.973. The van der Waals surface area contributed by atoms with Crippen LogP contribution < -0.4 is 9.47 Å². The van der Waals surface area contributed by atoms with E-state index in [1.54, 1.807) is 17.0 Å². The lowest BCUT2D eigenvalue weighted by Gasteiger charge is -2.33.